The Bertz CT molecular complexity index is 654. The van der Waals surface area contributed by atoms with Crippen LogP contribution in [-0.2, 0) is 5.41 Å². The molecular formula is C17H21NO2. The molecule has 2 N–H and O–H groups in total. The topological polar surface area (TPSA) is 49.3 Å². The Morgan fingerprint density at radius 2 is 1.90 bits per heavy atom. The number of hydrogen-bond acceptors (Lipinski definition) is 2. The Hall–Kier alpha value is -2.03. The third-order valence-electron chi connectivity index (χ3n) is 3.40. The zero-order valence-electron chi connectivity index (χ0n) is 12.4. The molecule has 0 aliphatic carbocycles. The number of nitrogens with one attached hydrogen (secondary N) is 1. The molecule has 106 valence electrons. The molecule has 0 unspecified atom stereocenters. The van der Waals surface area contributed by atoms with Gasteiger partial charge in [-0.1, -0.05) is 32.9 Å². The second-order valence-electron chi connectivity index (χ2n) is 6.04. The zero-order valence-corrected chi connectivity index (χ0v) is 12.4. The Morgan fingerprint density at radius 1 is 1.20 bits per heavy atom. The van der Waals surface area contributed by atoms with E-state index in [-0.39, 0.29) is 17.1 Å². The number of fused-ring (bicyclic) bond motifs is 1. The van der Waals surface area contributed by atoms with Crippen molar-refractivity contribution in [3.63, 3.8) is 0 Å². The van der Waals surface area contributed by atoms with Gasteiger partial charge < -0.3 is 10.4 Å². The molecule has 1 amide bonds. The SMILES string of the molecule is CCNC(=O)c1cc(O)c2cc(C(C)(C)C)ccc2c1. The summed E-state index contributed by atoms with van der Waals surface area (Å²) in [4.78, 5) is 11.8. The third kappa shape index (κ3) is 2.77. The summed E-state index contributed by atoms with van der Waals surface area (Å²) in [5, 5.41) is 14.6. The maximum absolute atomic E-state index is 11.8. The number of hydrogen-bond donors (Lipinski definition) is 2. The molecule has 20 heavy (non-hydrogen) atoms. The van der Waals surface area contributed by atoms with Gasteiger partial charge in [-0.25, -0.2) is 0 Å². The fourth-order valence-corrected chi connectivity index (χ4v) is 2.20. The number of phenols is 1. The van der Waals surface area contributed by atoms with Crippen molar-refractivity contribution in [2.75, 3.05) is 6.54 Å². The molecule has 0 saturated carbocycles. The standard InChI is InChI=1S/C17H21NO2/c1-5-18-16(20)12-8-11-6-7-13(17(2,3)4)10-14(11)15(19)9-12/h6-10,19H,5H2,1-4H3,(H,18,20). The third-order valence-corrected chi connectivity index (χ3v) is 3.40. The molecule has 0 atom stereocenters. The van der Waals surface area contributed by atoms with Gasteiger partial charge in [-0.2, -0.15) is 0 Å². The first-order chi connectivity index (χ1) is 9.32. The largest absolute Gasteiger partial charge is 0.507 e. The average Bonchev–Trinajstić information content (AvgIpc) is 2.37. The quantitative estimate of drug-likeness (QED) is 0.877. The summed E-state index contributed by atoms with van der Waals surface area (Å²) in [5.74, 6) is -0.0144. The number of rotatable bonds is 2. The van der Waals surface area contributed by atoms with Gasteiger partial charge in [-0.05, 0) is 41.5 Å². The highest BCUT2D eigenvalue weighted by atomic mass is 16.3. The lowest BCUT2D eigenvalue weighted by molar-refractivity contribution is 0.0955. The van der Waals surface area contributed by atoms with E-state index in [1.165, 1.54) is 6.07 Å². The highest BCUT2D eigenvalue weighted by Gasteiger charge is 2.16. The molecule has 2 rings (SSSR count). The van der Waals surface area contributed by atoms with E-state index in [0.29, 0.717) is 12.1 Å². The van der Waals surface area contributed by atoms with Gasteiger partial charge in [-0.15, -0.1) is 0 Å². The monoisotopic (exact) mass is 271 g/mol. The molecule has 3 nitrogen and oxygen atoms in total. The fourth-order valence-electron chi connectivity index (χ4n) is 2.20. The lowest BCUT2D eigenvalue weighted by Crippen LogP contribution is -2.22. The molecule has 0 fully saturated rings. The van der Waals surface area contributed by atoms with Crippen LogP contribution in [-0.4, -0.2) is 17.6 Å². The van der Waals surface area contributed by atoms with Gasteiger partial charge in [0, 0.05) is 17.5 Å². The molecule has 0 bridgehead atoms. The van der Waals surface area contributed by atoms with Gasteiger partial charge in [0.15, 0.2) is 0 Å². The van der Waals surface area contributed by atoms with E-state index < -0.39 is 0 Å². The lowest BCUT2D eigenvalue weighted by Gasteiger charge is -2.19. The maximum Gasteiger partial charge on any atom is 0.251 e. The van der Waals surface area contributed by atoms with Crippen LogP contribution in [0.25, 0.3) is 10.8 Å². The van der Waals surface area contributed by atoms with E-state index in [1.807, 2.05) is 31.2 Å². The van der Waals surface area contributed by atoms with E-state index in [1.54, 1.807) is 0 Å². The van der Waals surface area contributed by atoms with Gasteiger partial charge in [0.25, 0.3) is 5.91 Å². The van der Waals surface area contributed by atoms with E-state index >= 15 is 0 Å². The highest BCUT2D eigenvalue weighted by Crippen LogP contribution is 2.31. The molecule has 0 heterocycles. The number of carbonyl (C=O) groups excluding carboxylic acids is 1. The number of phenolic OH excluding ortho intramolecular Hbond substituents is 1. The van der Waals surface area contributed by atoms with Gasteiger partial charge in [0.1, 0.15) is 5.75 Å². The first kappa shape index (κ1) is 14.4. The van der Waals surface area contributed by atoms with Crippen LogP contribution in [0.1, 0.15) is 43.6 Å². The van der Waals surface area contributed by atoms with Crippen LogP contribution in [0.4, 0.5) is 0 Å². The Morgan fingerprint density at radius 3 is 2.50 bits per heavy atom. The Kier molecular flexibility index (Phi) is 3.71. The molecule has 0 saturated heterocycles. The van der Waals surface area contributed by atoms with Gasteiger partial charge in [0.2, 0.25) is 0 Å². The summed E-state index contributed by atoms with van der Waals surface area (Å²) in [7, 11) is 0. The minimum Gasteiger partial charge on any atom is -0.507 e. The highest BCUT2D eigenvalue weighted by molar-refractivity contribution is 6.00. The first-order valence-corrected chi connectivity index (χ1v) is 6.88. The summed E-state index contributed by atoms with van der Waals surface area (Å²) in [5.41, 5.74) is 1.67. The molecule has 0 aromatic heterocycles. The number of carbonyl (C=O) groups is 1. The van der Waals surface area contributed by atoms with Crippen LogP contribution in [0, 0.1) is 0 Å². The molecular weight excluding hydrogens is 250 g/mol. The van der Waals surface area contributed by atoms with Crippen molar-refractivity contribution in [3.8, 4) is 5.75 Å². The van der Waals surface area contributed by atoms with Crippen molar-refractivity contribution in [3.05, 3.63) is 41.5 Å². The second-order valence-corrected chi connectivity index (χ2v) is 6.04. The minimum atomic E-state index is -0.162. The predicted molar refractivity (Wildman–Crippen MR) is 82.3 cm³/mol. The van der Waals surface area contributed by atoms with Crippen molar-refractivity contribution < 1.29 is 9.90 Å². The summed E-state index contributed by atoms with van der Waals surface area (Å²) < 4.78 is 0. The smallest absolute Gasteiger partial charge is 0.251 e. The molecule has 0 radical (unpaired) electrons. The lowest BCUT2D eigenvalue weighted by atomic mass is 9.85. The normalized spacial score (nSPS) is 11.6. The Labute approximate surface area is 119 Å². The minimum absolute atomic E-state index is 0.0267. The summed E-state index contributed by atoms with van der Waals surface area (Å²) in [6.45, 7) is 8.84. The van der Waals surface area contributed by atoms with Crippen LogP contribution in [0.5, 0.6) is 5.75 Å². The second kappa shape index (κ2) is 5.16. The van der Waals surface area contributed by atoms with E-state index in [9.17, 15) is 9.90 Å². The van der Waals surface area contributed by atoms with Crippen LogP contribution < -0.4 is 5.32 Å². The van der Waals surface area contributed by atoms with Crippen LogP contribution in [0.3, 0.4) is 0 Å². The summed E-state index contributed by atoms with van der Waals surface area (Å²) >= 11 is 0. The Balaban J connectivity index is 2.55. The van der Waals surface area contributed by atoms with Crippen LogP contribution in [0.15, 0.2) is 30.3 Å². The number of benzene rings is 2. The average molecular weight is 271 g/mol. The molecule has 0 aliphatic rings. The van der Waals surface area contributed by atoms with E-state index in [4.69, 9.17) is 0 Å². The molecule has 0 aliphatic heterocycles. The molecule has 2 aromatic rings. The fraction of sp³-hybridized carbons (Fsp3) is 0.353. The van der Waals surface area contributed by atoms with Gasteiger partial charge >= 0.3 is 0 Å². The van der Waals surface area contributed by atoms with Crippen LogP contribution in [0.2, 0.25) is 0 Å². The van der Waals surface area contributed by atoms with Gasteiger partial charge in [0.05, 0.1) is 0 Å². The zero-order chi connectivity index (χ0) is 14.9. The molecule has 3 heteroatoms. The molecule has 2 aromatic carbocycles. The summed E-state index contributed by atoms with van der Waals surface area (Å²) in [6.07, 6.45) is 0. The van der Waals surface area contributed by atoms with E-state index in [0.717, 1.165) is 16.3 Å². The van der Waals surface area contributed by atoms with Crippen molar-refractivity contribution >= 4 is 16.7 Å². The first-order valence-electron chi connectivity index (χ1n) is 6.88. The molecule has 0 spiro atoms. The van der Waals surface area contributed by atoms with Crippen molar-refractivity contribution in [1.29, 1.82) is 0 Å². The maximum atomic E-state index is 11.8. The van der Waals surface area contributed by atoms with Crippen molar-refractivity contribution in [2.45, 2.75) is 33.1 Å². The number of amides is 1. The van der Waals surface area contributed by atoms with Crippen molar-refractivity contribution in [2.24, 2.45) is 0 Å². The predicted octanol–water partition coefficient (Wildman–Crippen LogP) is 3.59. The summed E-state index contributed by atoms with van der Waals surface area (Å²) in [6, 6.07) is 9.33. The van der Waals surface area contributed by atoms with Crippen molar-refractivity contribution in [1.82, 2.24) is 5.32 Å². The number of aromatic hydroxyl groups is 1. The van der Waals surface area contributed by atoms with Crippen LogP contribution >= 0.6 is 0 Å². The van der Waals surface area contributed by atoms with Gasteiger partial charge in [-0.3, -0.25) is 4.79 Å². The van der Waals surface area contributed by atoms with E-state index in [2.05, 4.69) is 26.1 Å².